The Kier molecular flexibility index (Phi) is 3.88. The van der Waals surface area contributed by atoms with E-state index in [0.29, 0.717) is 0 Å². The van der Waals surface area contributed by atoms with Crippen LogP contribution in [0.2, 0.25) is 0 Å². The molecule has 1 saturated heterocycles. The number of nitrogens with one attached hydrogen (secondary N) is 1. The molecular weight excluding hydrogens is 200 g/mol. The van der Waals surface area contributed by atoms with Crippen LogP contribution in [0.5, 0.6) is 0 Å². The smallest absolute Gasteiger partial charge is 0.0597 e. The van der Waals surface area contributed by atoms with E-state index in [1.165, 1.54) is 32.1 Å². The highest BCUT2D eigenvalue weighted by Crippen LogP contribution is 2.31. The van der Waals surface area contributed by atoms with Gasteiger partial charge in [-0.15, -0.1) is 0 Å². The zero-order valence-corrected chi connectivity index (χ0v) is 10.7. The molecule has 0 aromatic heterocycles. The molecule has 16 heavy (non-hydrogen) atoms. The highest BCUT2D eigenvalue weighted by atomic mass is 16.3. The average molecular weight is 226 g/mol. The van der Waals surface area contributed by atoms with E-state index in [-0.39, 0.29) is 18.2 Å². The van der Waals surface area contributed by atoms with Crippen molar-refractivity contribution in [3.8, 4) is 0 Å². The lowest BCUT2D eigenvalue weighted by Crippen LogP contribution is -2.51. The van der Waals surface area contributed by atoms with E-state index in [4.69, 9.17) is 0 Å². The van der Waals surface area contributed by atoms with Gasteiger partial charge >= 0.3 is 0 Å². The van der Waals surface area contributed by atoms with Crippen LogP contribution >= 0.6 is 0 Å². The molecule has 1 aliphatic carbocycles. The van der Waals surface area contributed by atoms with Gasteiger partial charge in [0, 0.05) is 24.2 Å². The second-order valence-electron chi connectivity index (χ2n) is 5.99. The van der Waals surface area contributed by atoms with Gasteiger partial charge in [0.15, 0.2) is 0 Å². The van der Waals surface area contributed by atoms with Crippen LogP contribution in [-0.4, -0.2) is 47.3 Å². The number of nitrogens with zero attached hydrogens (tertiary/aromatic N) is 1. The molecule has 1 heterocycles. The summed E-state index contributed by atoms with van der Waals surface area (Å²) in [6.45, 7) is 7.01. The Labute approximate surface area is 99.2 Å². The van der Waals surface area contributed by atoms with Crippen molar-refractivity contribution < 1.29 is 5.11 Å². The maximum atomic E-state index is 9.36. The molecular formula is C13H26N2O. The van der Waals surface area contributed by atoms with Gasteiger partial charge < -0.3 is 10.4 Å². The minimum absolute atomic E-state index is 0.263. The Morgan fingerprint density at radius 1 is 1.31 bits per heavy atom. The molecule has 1 saturated carbocycles. The minimum Gasteiger partial charge on any atom is -0.395 e. The van der Waals surface area contributed by atoms with Crippen molar-refractivity contribution >= 4 is 0 Å². The Morgan fingerprint density at radius 2 is 2.00 bits per heavy atom. The van der Waals surface area contributed by atoms with Crippen LogP contribution < -0.4 is 5.32 Å². The van der Waals surface area contributed by atoms with Gasteiger partial charge in [-0.05, 0) is 39.7 Å². The molecule has 0 amide bonds. The molecule has 3 heteroatoms. The summed E-state index contributed by atoms with van der Waals surface area (Å²) in [6, 6.07) is 1.02. The van der Waals surface area contributed by atoms with Crippen LogP contribution in [0.4, 0.5) is 0 Å². The fourth-order valence-corrected chi connectivity index (χ4v) is 3.26. The van der Waals surface area contributed by atoms with Crippen LogP contribution in [0.25, 0.3) is 0 Å². The lowest BCUT2D eigenvalue weighted by atomic mass is 9.95. The lowest BCUT2D eigenvalue weighted by Gasteiger charge is -2.42. The molecule has 2 aliphatic rings. The van der Waals surface area contributed by atoms with Gasteiger partial charge in [0.05, 0.1) is 6.61 Å². The van der Waals surface area contributed by atoms with Crippen molar-refractivity contribution in [1.82, 2.24) is 10.2 Å². The monoisotopic (exact) mass is 226 g/mol. The second kappa shape index (κ2) is 5.03. The van der Waals surface area contributed by atoms with Gasteiger partial charge in [0.2, 0.25) is 0 Å². The van der Waals surface area contributed by atoms with Crippen molar-refractivity contribution in [3.05, 3.63) is 0 Å². The highest BCUT2D eigenvalue weighted by Gasteiger charge is 2.36. The molecule has 2 fully saturated rings. The number of aliphatic hydroxyl groups is 1. The summed E-state index contributed by atoms with van der Waals surface area (Å²) in [4.78, 5) is 2.65. The SMILES string of the molecule is CC1(C)CCNC(CO)CN1C1CCCC1. The molecule has 0 aromatic rings. The van der Waals surface area contributed by atoms with Gasteiger partial charge in [-0.1, -0.05) is 12.8 Å². The summed E-state index contributed by atoms with van der Waals surface area (Å²) in [7, 11) is 0. The van der Waals surface area contributed by atoms with E-state index < -0.39 is 0 Å². The molecule has 2 N–H and O–H groups in total. The predicted molar refractivity (Wildman–Crippen MR) is 66.5 cm³/mol. The van der Waals surface area contributed by atoms with Crippen LogP contribution in [0, 0.1) is 0 Å². The third-order valence-electron chi connectivity index (χ3n) is 4.35. The first-order valence-corrected chi connectivity index (χ1v) is 6.74. The van der Waals surface area contributed by atoms with Gasteiger partial charge in [-0.3, -0.25) is 4.90 Å². The maximum Gasteiger partial charge on any atom is 0.0597 e. The van der Waals surface area contributed by atoms with Crippen molar-refractivity contribution in [3.63, 3.8) is 0 Å². The fourth-order valence-electron chi connectivity index (χ4n) is 3.26. The summed E-state index contributed by atoms with van der Waals surface area (Å²) in [6.07, 6.45) is 6.64. The molecule has 1 unspecified atom stereocenters. The van der Waals surface area contributed by atoms with Crippen LogP contribution in [-0.2, 0) is 0 Å². The van der Waals surface area contributed by atoms with Crippen molar-refractivity contribution in [2.75, 3.05) is 19.7 Å². The normalized spacial score (nSPS) is 32.8. The predicted octanol–water partition coefficient (Wildman–Crippen LogP) is 1.36. The van der Waals surface area contributed by atoms with E-state index in [0.717, 1.165) is 19.1 Å². The number of hydrogen-bond donors (Lipinski definition) is 2. The molecule has 2 rings (SSSR count). The summed E-state index contributed by atoms with van der Waals surface area (Å²) in [5.41, 5.74) is 0.284. The van der Waals surface area contributed by atoms with E-state index in [1.807, 2.05) is 0 Å². The molecule has 94 valence electrons. The topological polar surface area (TPSA) is 35.5 Å². The summed E-state index contributed by atoms with van der Waals surface area (Å²) < 4.78 is 0. The van der Waals surface area contributed by atoms with Gasteiger partial charge in [0.25, 0.3) is 0 Å². The van der Waals surface area contributed by atoms with Gasteiger partial charge in [-0.2, -0.15) is 0 Å². The van der Waals surface area contributed by atoms with Crippen molar-refractivity contribution in [1.29, 1.82) is 0 Å². The first-order valence-electron chi connectivity index (χ1n) is 6.74. The Balaban J connectivity index is 2.08. The Morgan fingerprint density at radius 3 is 2.62 bits per heavy atom. The van der Waals surface area contributed by atoms with Crippen molar-refractivity contribution in [2.45, 2.75) is 63.6 Å². The zero-order chi connectivity index (χ0) is 11.6. The molecule has 0 bridgehead atoms. The quantitative estimate of drug-likeness (QED) is 0.746. The standard InChI is InChI=1S/C13H26N2O/c1-13(2)7-8-14-11(10-16)9-15(13)12-5-3-4-6-12/h11-12,14,16H,3-10H2,1-2H3. The third kappa shape index (κ3) is 2.58. The summed E-state index contributed by atoms with van der Waals surface area (Å²) in [5, 5.41) is 12.8. The number of hydrogen-bond acceptors (Lipinski definition) is 3. The molecule has 3 nitrogen and oxygen atoms in total. The van der Waals surface area contributed by atoms with E-state index >= 15 is 0 Å². The van der Waals surface area contributed by atoms with Crippen LogP contribution in [0.15, 0.2) is 0 Å². The number of aliphatic hydroxyl groups excluding tert-OH is 1. The van der Waals surface area contributed by atoms with Gasteiger partial charge in [-0.25, -0.2) is 0 Å². The Bertz CT molecular complexity index is 224. The highest BCUT2D eigenvalue weighted by molar-refractivity contribution is 4.94. The first-order chi connectivity index (χ1) is 7.63. The van der Waals surface area contributed by atoms with E-state index in [2.05, 4.69) is 24.1 Å². The second-order valence-corrected chi connectivity index (χ2v) is 5.99. The minimum atomic E-state index is 0.263. The molecule has 0 radical (unpaired) electrons. The number of rotatable bonds is 2. The molecule has 0 spiro atoms. The molecule has 1 aliphatic heterocycles. The van der Waals surface area contributed by atoms with Gasteiger partial charge in [0.1, 0.15) is 0 Å². The van der Waals surface area contributed by atoms with Crippen LogP contribution in [0.1, 0.15) is 46.0 Å². The van der Waals surface area contributed by atoms with E-state index in [1.54, 1.807) is 0 Å². The first kappa shape index (κ1) is 12.3. The fraction of sp³-hybridized carbons (Fsp3) is 1.00. The Hall–Kier alpha value is -0.120. The summed E-state index contributed by atoms with van der Waals surface area (Å²) in [5.74, 6) is 0. The molecule has 1 atom stereocenters. The zero-order valence-electron chi connectivity index (χ0n) is 10.7. The third-order valence-corrected chi connectivity index (χ3v) is 4.35. The lowest BCUT2D eigenvalue weighted by molar-refractivity contribution is 0.0633. The van der Waals surface area contributed by atoms with Crippen LogP contribution in [0.3, 0.4) is 0 Å². The average Bonchev–Trinajstić information content (AvgIpc) is 2.70. The molecule has 0 aromatic carbocycles. The summed E-state index contributed by atoms with van der Waals surface area (Å²) >= 11 is 0. The maximum absolute atomic E-state index is 9.36. The van der Waals surface area contributed by atoms with Crippen molar-refractivity contribution in [2.24, 2.45) is 0 Å². The largest absolute Gasteiger partial charge is 0.395 e. The van der Waals surface area contributed by atoms with E-state index in [9.17, 15) is 5.11 Å².